The minimum Gasteiger partial charge on any atom is -0.506 e. The fourth-order valence-electron chi connectivity index (χ4n) is 2.29. The fraction of sp³-hybridized carbons (Fsp3) is 0.533. The molecular weight excluding hydrogens is 254 g/mol. The van der Waals surface area contributed by atoms with Crippen LogP contribution in [0.25, 0.3) is 0 Å². The van der Waals surface area contributed by atoms with E-state index in [9.17, 15) is 9.90 Å². The average Bonchev–Trinajstić information content (AvgIpc) is 2.45. The number of piperazine rings is 1. The van der Waals surface area contributed by atoms with E-state index < -0.39 is 0 Å². The molecule has 0 unspecified atom stereocenters. The molecule has 1 saturated heterocycles. The van der Waals surface area contributed by atoms with Gasteiger partial charge in [0, 0.05) is 32.7 Å². The quantitative estimate of drug-likeness (QED) is 0.887. The van der Waals surface area contributed by atoms with Gasteiger partial charge in [0.1, 0.15) is 5.75 Å². The smallest absolute Gasteiger partial charge is 0.317 e. The van der Waals surface area contributed by atoms with Crippen LogP contribution in [0.4, 0.5) is 10.5 Å². The molecule has 20 heavy (non-hydrogen) atoms. The predicted octanol–water partition coefficient (Wildman–Crippen LogP) is 1.88. The van der Waals surface area contributed by atoms with Crippen LogP contribution in [0.1, 0.15) is 13.8 Å². The third kappa shape index (κ3) is 3.56. The van der Waals surface area contributed by atoms with Crippen LogP contribution in [0.5, 0.6) is 5.75 Å². The van der Waals surface area contributed by atoms with Crippen LogP contribution >= 0.6 is 0 Å². The third-order valence-corrected chi connectivity index (χ3v) is 3.45. The number of nitrogens with zero attached hydrogens (tertiary/aromatic N) is 2. The number of amides is 2. The van der Waals surface area contributed by atoms with E-state index in [1.165, 1.54) is 0 Å². The highest BCUT2D eigenvalue weighted by Gasteiger charge is 2.22. The van der Waals surface area contributed by atoms with Gasteiger partial charge in [-0.2, -0.15) is 0 Å². The van der Waals surface area contributed by atoms with Gasteiger partial charge >= 0.3 is 6.03 Å². The van der Waals surface area contributed by atoms with Crippen LogP contribution in [0, 0.1) is 5.92 Å². The number of phenolic OH excluding ortho intramolecular Hbond substituents is 1. The molecule has 0 aliphatic carbocycles. The van der Waals surface area contributed by atoms with Crippen molar-refractivity contribution in [3.8, 4) is 5.75 Å². The van der Waals surface area contributed by atoms with Crippen molar-refractivity contribution in [1.29, 1.82) is 0 Å². The first-order valence-electron chi connectivity index (χ1n) is 7.13. The summed E-state index contributed by atoms with van der Waals surface area (Å²) in [6.45, 7) is 7.71. The summed E-state index contributed by atoms with van der Waals surface area (Å²) < 4.78 is 0. The fourth-order valence-corrected chi connectivity index (χ4v) is 2.29. The Morgan fingerprint density at radius 1 is 1.25 bits per heavy atom. The highest BCUT2D eigenvalue weighted by molar-refractivity contribution is 5.74. The van der Waals surface area contributed by atoms with Crippen molar-refractivity contribution in [2.24, 2.45) is 5.92 Å². The number of rotatable bonds is 3. The number of carbonyl (C=O) groups is 1. The standard InChI is InChI=1S/C15H23N3O2/c1-12(2)11-16-15(20)18-9-7-17(8-10-18)13-5-3-4-6-14(13)19/h3-6,12,19H,7-11H2,1-2H3,(H,16,20). The highest BCUT2D eigenvalue weighted by atomic mass is 16.3. The number of phenols is 1. The number of carbonyl (C=O) groups excluding carboxylic acids is 1. The van der Waals surface area contributed by atoms with Gasteiger partial charge in [0.15, 0.2) is 0 Å². The van der Waals surface area contributed by atoms with E-state index in [2.05, 4.69) is 24.1 Å². The molecule has 1 aliphatic heterocycles. The largest absolute Gasteiger partial charge is 0.506 e. The number of aromatic hydroxyl groups is 1. The topological polar surface area (TPSA) is 55.8 Å². The summed E-state index contributed by atoms with van der Waals surface area (Å²) in [5.41, 5.74) is 0.842. The lowest BCUT2D eigenvalue weighted by Crippen LogP contribution is -2.52. The summed E-state index contributed by atoms with van der Waals surface area (Å²) in [7, 11) is 0. The molecule has 5 heteroatoms. The Morgan fingerprint density at radius 3 is 2.50 bits per heavy atom. The molecule has 2 N–H and O–H groups in total. The summed E-state index contributed by atoms with van der Waals surface area (Å²) in [4.78, 5) is 15.9. The molecule has 1 aliphatic rings. The molecule has 5 nitrogen and oxygen atoms in total. The van der Waals surface area contributed by atoms with E-state index in [1.807, 2.05) is 23.1 Å². The second kappa shape index (κ2) is 6.50. The lowest BCUT2D eigenvalue weighted by Gasteiger charge is -2.36. The van der Waals surface area contributed by atoms with Gasteiger partial charge in [-0.1, -0.05) is 26.0 Å². The van der Waals surface area contributed by atoms with E-state index in [0.29, 0.717) is 31.3 Å². The molecule has 0 spiro atoms. The van der Waals surface area contributed by atoms with E-state index in [0.717, 1.165) is 18.8 Å². The molecule has 0 atom stereocenters. The normalized spacial score (nSPS) is 15.6. The van der Waals surface area contributed by atoms with Crippen LogP contribution in [0.15, 0.2) is 24.3 Å². The maximum Gasteiger partial charge on any atom is 0.317 e. The molecule has 0 bridgehead atoms. The monoisotopic (exact) mass is 277 g/mol. The first-order chi connectivity index (χ1) is 9.58. The van der Waals surface area contributed by atoms with E-state index in [-0.39, 0.29) is 6.03 Å². The summed E-state index contributed by atoms with van der Waals surface area (Å²) in [6.07, 6.45) is 0. The third-order valence-electron chi connectivity index (χ3n) is 3.45. The first-order valence-corrected chi connectivity index (χ1v) is 7.13. The van der Waals surface area contributed by atoms with Crippen molar-refractivity contribution in [1.82, 2.24) is 10.2 Å². The van der Waals surface area contributed by atoms with E-state index >= 15 is 0 Å². The highest BCUT2D eigenvalue weighted by Crippen LogP contribution is 2.27. The zero-order chi connectivity index (χ0) is 14.5. The lowest BCUT2D eigenvalue weighted by molar-refractivity contribution is 0.193. The first kappa shape index (κ1) is 14.5. The van der Waals surface area contributed by atoms with Gasteiger partial charge < -0.3 is 20.2 Å². The lowest BCUT2D eigenvalue weighted by atomic mass is 10.2. The Morgan fingerprint density at radius 2 is 1.90 bits per heavy atom. The van der Waals surface area contributed by atoms with Crippen LogP contribution in [-0.4, -0.2) is 48.8 Å². The molecular formula is C15H23N3O2. The zero-order valence-corrected chi connectivity index (χ0v) is 12.2. The van der Waals surface area contributed by atoms with Gasteiger partial charge in [0.05, 0.1) is 5.69 Å². The summed E-state index contributed by atoms with van der Waals surface area (Å²) in [6, 6.07) is 7.34. The van der Waals surface area contributed by atoms with Crippen LogP contribution in [0.2, 0.25) is 0 Å². The van der Waals surface area contributed by atoms with Crippen molar-refractivity contribution < 1.29 is 9.90 Å². The Labute approximate surface area is 120 Å². The second-order valence-corrected chi connectivity index (χ2v) is 5.54. The molecule has 0 saturated carbocycles. The minimum absolute atomic E-state index is 0.00985. The Hall–Kier alpha value is -1.91. The number of urea groups is 1. The van der Waals surface area contributed by atoms with Crippen molar-refractivity contribution in [3.63, 3.8) is 0 Å². The molecule has 0 radical (unpaired) electrons. The number of hydrogen-bond donors (Lipinski definition) is 2. The average molecular weight is 277 g/mol. The molecule has 1 heterocycles. The van der Waals surface area contributed by atoms with Crippen molar-refractivity contribution in [3.05, 3.63) is 24.3 Å². The van der Waals surface area contributed by atoms with Crippen LogP contribution in [0.3, 0.4) is 0 Å². The van der Waals surface area contributed by atoms with Crippen molar-refractivity contribution >= 4 is 11.7 Å². The van der Waals surface area contributed by atoms with Gasteiger partial charge in [-0.15, -0.1) is 0 Å². The molecule has 0 aromatic heterocycles. The van der Waals surface area contributed by atoms with E-state index in [4.69, 9.17) is 0 Å². The Balaban J connectivity index is 1.86. The van der Waals surface area contributed by atoms with Crippen LogP contribution in [-0.2, 0) is 0 Å². The Bertz CT molecular complexity index is 454. The summed E-state index contributed by atoms with van der Waals surface area (Å²) >= 11 is 0. The van der Waals surface area contributed by atoms with Crippen LogP contribution < -0.4 is 10.2 Å². The number of para-hydroxylation sites is 2. The number of hydrogen-bond acceptors (Lipinski definition) is 3. The second-order valence-electron chi connectivity index (χ2n) is 5.54. The maximum absolute atomic E-state index is 12.0. The molecule has 1 aromatic rings. The van der Waals surface area contributed by atoms with E-state index in [1.54, 1.807) is 6.07 Å². The SMILES string of the molecule is CC(C)CNC(=O)N1CCN(c2ccccc2O)CC1. The number of anilines is 1. The van der Waals surface area contributed by atoms with Gasteiger partial charge in [0.25, 0.3) is 0 Å². The zero-order valence-electron chi connectivity index (χ0n) is 12.2. The summed E-state index contributed by atoms with van der Waals surface area (Å²) in [5.74, 6) is 0.756. The Kier molecular flexibility index (Phi) is 4.71. The summed E-state index contributed by atoms with van der Waals surface area (Å²) in [5, 5.41) is 12.8. The molecule has 2 rings (SSSR count). The van der Waals surface area contributed by atoms with Crippen molar-refractivity contribution in [2.45, 2.75) is 13.8 Å². The molecule has 110 valence electrons. The minimum atomic E-state index is 0.00985. The van der Waals surface area contributed by atoms with Crippen molar-refractivity contribution in [2.75, 3.05) is 37.6 Å². The number of nitrogens with one attached hydrogen (secondary N) is 1. The molecule has 2 amide bonds. The van der Waals surface area contributed by atoms with Gasteiger partial charge in [0.2, 0.25) is 0 Å². The predicted molar refractivity (Wildman–Crippen MR) is 80.1 cm³/mol. The van der Waals surface area contributed by atoms with Gasteiger partial charge in [-0.05, 0) is 18.1 Å². The molecule has 1 aromatic carbocycles. The maximum atomic E-state index is 12.0. The molecule has 1 fully saturated rings. The van der Waals surface area contributed by atoms with Gasteiger partial charge in [-0.25, -0.2) is 4.79 Å². The van der Waals surface area contributed by atoms with Gasteiger partial charge in [-0.3, -0.25) is 0 Å². The number of benzene rings is 1.